The monoisotopic (exact) mass is 530 g/mol. The fourth-order valence-electron chi connectivity index (χ4n) is 3.19. The van der Waals surface area contributed by atoms with Crippen LogP contribution in [0.2, 0.25) is 0 Å². The van der Waals surface area contributed by atoms with Gasteiger partial charge < -0.3 is 35.2 Å². The molecule has 0 aliphatic rings. The van der Waals surface area contributed by atoms with Gasteiger partial charge in [-0.05, 0) is 31.2 Å². The van der Waals surface area contributed by atoms with Gasteiger partial charge in [0.25, 0.3) is 0 Å². The standard InChI is InChI=1S/C18H14O6S.C7H8O3S/c19-10-6-13(21)17(14(22)7-10)25(12-4-2-1-3-5-12)18-15(23)8-11(20)9-16(18)24;1-6-2-4-7(5-3-6)11(8,9)10/h1-9H,(H5-,19,20,21,22,23,24);2-5H,1H3,(H,8,9,10). The van der Waals surface area contributed by atoms with Crippen molar-refractivity contribution >= 4 is 21.0 Å². The quantitative estimate of drug-likeness (QED) is 0.168. The second-order valence-electron chi connectivity index (χ2n) is 7.51. The Hall–Kier alpha value is -4.06. The Morgan fingerprint density at radius 3 is 1.39 bits per heavy atom. The van der Waals surface area contributed by atoms with Crippen molar-refractivity contribution in [2.24, 2.45) is 0 Å². The zero-order chi connectivity index (χ0) is 26.6. The summed E-state index contributed by atoms with van der Waals surface area (Å²) in [5.74, 6) is -2.22. The number of benzene rings is 4. The SMILES string of the molecule is Cc1ccc(S(=O)(=O)[O-])cc1.Oc1cc(O)c([S+](c2ccccc2)c2c(O)cc(O)cc2O)c(O)c1. The fraction of sp³-hybridized carbons (Fsp3) is 0.0400. The Balaban J connectivity index is 0.000000275. The van der Waals surface area contributed by atoms with E-state index in [0.29, 0.717) is 4.90 Å². The molecule has 0 heterocycles. The molecule has 0 aliphatic carbocycles. The summed E-state index contributed by atoms with van der Waals surface area (Å²) in [4.78, 5) is 0.471. The zero-order valence-electron chi connectivity index (χ0n) is 18.7. The summed E-state index contributed by atoms with van der Waals surface area (Å²) in [6.07, 6.45) is 0. The van der Waals surface area contributed by atoms with Crippen LogP contribution in [0.25, 0.3) is 0 Å². The third-order valence-electron chi connectivity index (χ3n) is 4.77. The van der Waals surface area contributed by atoms with E-state index in [1.54, 1.807) is 42.5 Å². The topological polar surface area (TPSA) is 179 Å². The van der Waals surface area contributed by atoms with Gasteiger partial charge in [0.15, 0.2) is 27.9 Å². The van der Waals surface area contributed by atoms with Crippen molar-refractivity contribution in [3.8, 4) is 34.5 Å². The minimum atomic E-state index is -4.27. The molecule has 0 unspecified atom stereocenters. The molecule has 36 heavy (non-hydrogen) atoms. The van der Waals surface area contributed by atoms with Gasteiger partial charge >= 0.3 is 0 Å². The molecular formula is C25H22O9S2. The van der Waals surface area contributed by atoms with Crippen LogP contribution >= 0.6 is 0 Å². The molecule has 9 nitrogen and oxygen atoms in total. The van der Waals surface area contributed by atoms with Gasteiger partial charge in [-0.3, -0.25) is 0 Å². The van der Waals surface area contributed by atoms with Crippen LogP contribution in [0.1, 0.15) is 5.56 Å². The summed E-state index contributed by atoms with van der Waals surface area (Å²) in [7, 11) is -5.57. The smallest absolute Gasteiger partial charge is 0.250 e. The van der Waals surface area contributed by atoms with Gasteiger partial charge in [0, 0.05) is 24.3 Å². The molecule has 0 radical (unpaired) electrons. The third-order valence-corrected chi connectivity index (χ3v) is 8.01. The van der Waals surface area contributed by atoms with Crippen molar-refractivity contribution in [2.45, 2.75) is 26.5 Å². The minimum Gasteiger partial charge on any atom is -0.744 e. The predicted octanol–water partition coefficient (Wildman–Crippen LogP) is 3.91. The molecule has 0 saturated heterocycles. The van der Waals surface area contributed by atoms with Crippen LogP contribution < -0.4 is 0 Å². The van der Waals surface area contributed by atoms with E-state index in [1.165, 1.54) is 12.1 Å². The molecule has 0 aliphatic heterocycles. The molecule has 0 amide bonds. The maximum Gasteiger partial charge on any atom is 0.250 e. The van der Waals surface area contributed by atoms with Crippen molar-refractivity contribution in [1.29, 1.82) is 0 Å². The Morgan fingerprint density at radius 1 is 0.639 bits per heavy atom. The van der Waals surface area contributed by atoms with Crippen molar-refractivity contribution in [3.05, 3.63) is 84.4 Å². The lowest BCUT2D eigenvalue weighted by Crippen LogP contribution is -2.06. The summed E-state index contributed by atoms with van der Waals surface area (Å²) < 4.78 is 31.2. The highest BCUT2D eigenvalue weighted by Crippen LogP contribution is 2.49. The van der Waals surface area contributed by atoms with Gasteiger partial charge in [-0.25, -0.2) is 8.42 Å². The van der Waals surface area contributed by atoms with Crippen LogP contribution in [0.3, 0.4) is 0 Å². The lowest BCUT2D eigenvalue weighted by molar-refractivity contribution is 0.406. The number of aryl methyl sites for hydroxylation is 1. The molecule has 4 aromatic rings. The Kier molecular flexibility index (Phi) is 7.88. The third kappa shape index (κ3) is 6.13. The number of hydrogen-bond acceptors (Lipinski definition) is 9. The minimum absolute atomic E-state index is 0.0280. The summed E-state index contributed by atoms with van der Waals surface area (Å²) in [6, 6.07) is 18.7. The Morgan fingerprint density at radius 2 is 1.03 bits per heavy atom. The number of hydrogen-bond donors (Lipinski definition) is 6. The van der Waals surface area contributed by atoms with E-state index < -0.39 is 44.0 Å². The highest BCUT2D eigenvalue weighted by molar-refractivity contribution is 7.97. The largest absolute Gasteiger partial charge is 0.744 e. The lowest BCUT2D eigenvalue weighted by atomic mass is 10.2. The first kappa shape index (κ1) is 26.5. The van der Waals surface area contributed by atoms with Crippen LogP contribution in [0.5, 0.6) is 34.5 Å². The van der Waals surface area contributed by atoms with Crippen molar-refractivity contribution in [3.63, 3.8) is 0 Å². The first-order valence-corrected chi connectivity index (χ1v) is 12.8. The highest BCUT2D eigenvalue weighted by atomic mass is 32.2. The van der Waals surface area contributed by atoms with Crippen molar-refractivity contribution in [2.75, 3.05) is 0 Å². The van der Waals surface area contributed by atoms with E-state index in [-0.39, 0.29) is 26.2 Å². The molecule has 0 bridgehead atoms. The van der Waals surface area contributed by atoms with Crippen LogP contribution in [0.4, 0.5) is 0 Å². The van der Waals surface area contributed by atoms with Gasteiger partial charge in [-0.2, -0.15) is 0 Å². The average molecular weight is 531 g/mol. The molecule has 0 saturated carbocycles. The molecule has 4 rings (SSSR count). The maximum absolute atomic E-state index is 10.4. The van der Waals surface area contributed by atoms with E-state index in [2.05, 4.69) is 0 Å². The van der Waals surface area contributed by atoms with Crippen LogP contribution in [-0.2, 0) is 21.0 Å². The summed E-state index contributed by atoms with van der Waals surface area (Å²) in [5, 5.41) is 60.2. The van der Waals surface area contributed by atoms with E-state index in [1.807, 2.05) is 6.92 Å². The summed E-state index contributed by atoms with van der Waals surface area (Å²) in [6.45, 7) is 1.82. The molecule has 0 aromatic heterocycles. The molecule has 0 atom stereocenters. The lowest BCUT2D eigenvalue weighted by Gasteiger charge is -2.13. The number of rotatable bonds is 4. The first-order chi connectivity index (χ1) is 16.9. The molecule has 11 heteroatoms. The fourth-order valence-corrected chi connectivity index (χ4v) is 5.83. The molecular weight excluding hydrogens is 508 g/mol. The molecule has 0 spiro atoms. The van der Waals surface area contributed by atoms with Gasteiger partial charge in [-0.1, -0.05) is 35.9 Å². The van der Waals surface area contributed by atoms with Gasteiger partial charge in [0.05, 0.1) is 4.90 Å². The first-order valence-electron chi connectivity index (χ1n) is 10.2. The van der Waals surface area contributed by atoms with E-state index >= 15 is 0 Å². The van der Waals surface area contributed by atoms with Gasteiger partial charge in [0.1, 0.15) is 32.5 Å². The van der Waals surface area contributed by atoms with Crippen LogP contribution in [-0.4, -0.2) is 43.6 Å². The van der Waals surface area contributed by atoms with Gasteiger partial charge in [-0.15, -0.1) is 0 Å². The van der Waals surface area contributed by atoms with Gasteiger partial charge in [0.2, 0.25) is 9.79 Å². The van der Waals surface area contributed by atoms with Crippen molar-refractivity contribution < 1.29 is 43.6 Å². The second kappa shape index (κ2) is 10.7. The number of aromatic hydroxyl groups is 6. The zero-order valence-corrected chi connectivity index (χ0v) is 20.4. The Bertz CT molecular complexity index is 1370. The average Bonchev–Trinajstić information content (AvgIpc) is 2.77. The number of phenolic OH excluding ortho intramolecular Hbond substituents is 6. The van der Waals surface area contributed by atoms with E-state index in [0.717, 1.165) is 29.8 Å². The molecule has 6 N–H and O–H groups in total. The second-order valence-corrected chi connectivity index (χ2v) is 10.8. The van der Waals surface area contributed by atoms with Crippen molar-refractivity contribution in [1.82, 2.24) is 0 Å². The molecule has 4 aromatic carbocycles. The van der Waals surface area contributed by atoms with Crippen LogP contribution in [0, 0.1) is 6.92 Å². The van der Waals surface area contributed by atoms with E-state index in [9.17, 15) is 43.6 Å². The molecule has 188 valence electrons. The van der Waals surface area contributed by atoms with E-state index in [4.69, 9.17) is 0 Å². The number of phenols is 6. The molecule has 0 fully saturated rings. The summed E-state index contributed by atoms with van der Waals surface area (Å²) >= 11 is 0. The Labute approximate surface area is 209 Å². The maximum atomic E-state index is 10.4. The highest BCUT2D eigenvalue weighted by Gasteiger charge is 2.40. The summed E-state index contributed by atoms with van der Waals surface area (Å²) in [5.41, 5.74) is 0.928. The predicted molar refractivity (Wildman–Crippen MR) is 131 cm³/mol. The normalized spacial score (nSPS) is 11.1. The van der Waals surface area contributed by atoms with Crippen LogP contribution in [0.15, 0.2) is 98.4 Å².